The molecule has 144 valence electrons. The van der Waals surface area contributed by atoms with Crippen molar-refractivity contribution in [3.8, 4) is 11.1 Å². The molecule has 1 aliphatic heterocycles. The Kier molecular flexibility index (Phi) is 6.32. The molecule has 1 N–H and O–H groups in total. The van der Waals surface area contributed by atoms with E-state index in [2.05, 4.69) is 50.4 Å². The number of amides is 2. The summed E-state index contributed by atoms with van der Waals surface area (Å²) in [5.41, 5.74) is 3.27. The molecule has 4 nitrogen and oxygen atoms in total. The second kappa shape index (κ2) is 8.70. The van der Waals surface area contributed by atoms with Crippen molar-refractivity contribution in [2.24, 2.45) is 5.92 Å². The first-order valence-electron chi connectivity index (χ1n) is 9.67. The van der Waals surface area contributed by atoms with Gasteiger partial charge in [-0.3, -0.25) is 9.59 Å². The Morgan fingerprint density at radius 3 is 2.44 bits per heavy atom. The summed E-state index contributed by atoms with van der Waals surface area (Å²) in [6, 6.07) is 10.4. The Labute approximate surface area is 165 Å². The molecule has 2 aromatic rings. The first kappa shape index (κ1) is 19.6. The van der Waals surface area contributed by atoms with Crippen LogP contribution in [0.2, 0.25) is 0 Å². The second-order valence-electron chi connectivity index (χ2n) is 7.76. The monoisotopic (exact) mass is 384 g/mol. The highest BCUT2D eigenvalue weighted by atomic mass is 32.1. The molecule has 0 radical (unpaired) electrons. The number of hydrogen-bond donors (Lipinski definition) is 1. The fraction of sp³-hybridized carbons (Fsp3) is 0.455. The van der Waals surface area contributed by atoms with Crippen molar-refractivity contribution < 1.29 is 9.59 Å². The minimum absolute atomic E-state index is 0.00691. The lowest BCUT2D eigenvalue weighted by Gasteiger charge is -2.32. The van der Waals surface area contributed by atoms with E-state index in [0.717, 1.165) is 41.9 Å². The van der Waals surface area contributed by atoms with Crippen LogP contribution in [0.1, 0.15) is 48.3 Å². The summed E-state index contributed by atoms with van der Waals surface area (Å²) in [7, 11) is 0. The predicted octanol–water partition coefficient (Wildman–Crippen LogP) is 4.49. The zero-order chi connectivity index (χ0) is 19.4. The largest absolute Gasteiger partial charge is 0.348 e. The average Bonchev–Trinajstić information content (AvgIpc) is 3.12. The lowest BCUT2D eigenvalue weighted by Crippen LogP contribution is -2.46. The molecular formula is C22H28N2O2S. The average molecular weight is 385 g/mol. The molecule has 5 heteroatoms. The molecule has 0 unspecified atom stereocenters. The molecule has 3 rings (SSSR count). The molecule has 1 aromatic carbocycles. The van der Waals surface area contributed by atoms with Crippen molar-refractivity contribution in [2.45, 2.75) is 46.1 Å². The van der Waals surface area contributed by atoms with Gasteiger partial charge in [-0.2, -0.15) is 0 Å². The van der Waals surface area contributed by atoms with Gasteiger partial charge in [-0.25, -0.2) is 0 Å². The van der Waals surface area contributed by atoms with Gasteiger partial charge in [0.1, 0.15) is 0 Å². The second-order valence-corrected chi connectivity index (χ2v) is 8.67. The maximum absolute atomic E-state index is 12.8. The number of rotatable bonds is 5. The van der Waals surface area contributed by atoms with Crippen LogP contribution >= 0.6 is 11.3 Å². The summed E-state index contributed by atoms with van der Waals surface area (Å²) >= 11 is 1.48. The standard InChI is InChI=1S/C22H28N2O2S/c1-15(2)14-20(25)24-11-8-18(9-12-24)23-22(26)21-19(10-13-27-21)17-6-4-16(3)5-7-17/h4-7,10,13,15,18H,8-9,11-12,14H2,1-3H3,(H,23,26). The molecule has 1 fully saturated rings. The molecule has 2 amide bonds. The fourth-order valence-corrected chi connectivity index (χ4v) is 4.27. The highest BCUT2D eigenvalue weighted by Crippen LogP contribution is 2.29. The summed E-state index contributed by atoms with van der Waals surface area (Å²) in [6.07, 6.45) is 2.24. The van der Waals surface area contributed by atoms with E-state index >= 15 is 0 Å². The van der Waals surface area contributed by atoms with E-state index in [9.17, 15) is 9.59 Å². The molecule has 0 aliphatic carbocycles. The van der Waals surface area contributed by atoms with Crippen molar-refractivity contribution in [1.82, 2.24) is 10.2 Å². The van der Waals surface area contributed by atoms with Crippen LogP contribution in [0.5, 0.6) is 0 Å². The number of carbonyl (C=O) groups excluding carboxylic acids is 2. The Balaban J connectivity index is 1.59. The number of benzene rings is 1. The first-order chi connectivity index (χ1) is 12.9. The highest BCUT2D eigenvalue weighted by Gasteiger charge is 2.25. The van der Waals surface area contributed by atoms with Gasteiger partial charge in [0.15, 0.2) is 0 Å². The quantitative estimate of drug-likeness (QED) is 0.826. The van der Waals surface area contributed by atoms with Gasteiger partial charge < -0.3 is 10.2 Å². The van der Waals surface area contributed by atoms with Gasteiger partial charge in [0.25, 0.3) is 5.91 Å². The van der Waals surface area contributed by atoms with Crippen molar-refractivity contribution in [1.29, 1.82) is 0 Å². The van der Waals surface area contributed by atoms with Gasteiger partial charge in [-0.15, -0.1) is 11.3 Å². The number of likely N-dealkylation sites (tertiary alicyclic amines) is 1. The van der Waals surface area contributed by atoms with E-state index in [0.29, 0.717) is 12.3 Å². The van der Waals surface area contributed by atoms with Crippen molar-refractivity contribution in [3.05, 3.63) is 46.2 Å². The number of piperidine rings is 1. The maximum Gasteiger partial charge on any atom is 0.262 e. The number of nitrogens with one attached hydrogen (secondary N) is 1. The third kappa shape index (κ3) is 4.98. The summed E-state index contributed by atoms with van der Waals surface area (Å²) in [4.78, 5) is 27.7. The van der Waals surface area contributed by atoms with Crippen LogP contribution in [0.25, 0.3) is 11.1 Å². The van der Waals surface area contributed by atoms with Gasteiger partial charge in [0.2, 0.25) is 5.91 Å². The van der Waals surface area contributed by atoms with Crippen LogP contribution in [0, 0.1) is 12.8 Å². The predicted molar refractivity (Wildman–Crippen MR) is 111 cm³/mol. The van der Waals surface area contributed by atoms with Crippen LogP contribution in [-0.2, 0) is 4.79 Å². The summed E-state index contributed by atoms with van der Waals surface area (Å²) in [5, 5.41) is 5.15. The minimum atomic E-state index is -0.00691. The molecule has 1 aliphatic rings. The zero-order valence-electron chi connectivity index (χ0n) is 16.3. The molecule has 0 bridgehead atoms. The molecular weight excluding hydrogens is 356 g/mol. The third-order valence-electron chi connectivity index (χ3n) is 5.00. The van der Waals surface area contributed by atoms with E-state index in [1.807, 2.05) is 16.3 Å². The Morgan fingerprint density at radius 1 is 1.15 bits per heavy atom. The smallest absolute Gasteiger partial charge is 0.262 e. The molecule has 0 saturated carbocycles. The lowest BCUT2D eigenvalue weighted by molar-refractivity contribution is -0.133. The van der Waals surface area contributed by atoms with Crippen LogP contribution in [0.15, 0.2) is 35.7 Å². The molecule has 0 atom stereocenters. The maximum atomic E-state index is 12.8. The fourth-order valence-electron chi connectivity index (χ4n) is 3.45. The molecule has 2 heterocycles. The first-order valence-corrected chi connectivity index (χ1v) is 10.5. The molecule has 0 spiro atoms. The summed E-state index contributed by atoms with van der Waals surface area (Å²) in [5.74, 6) is 0.608. The van der Waals surface area contributed by atoms with E-state index in [1.165, 1.54) is 16.9 Å². The van der Waals surface area contributed by atoms with E-state index < -0.39 is 0 Å². The van der Waals surface area contributed by atoms with Gasteiger partial charge in [-0.1, -0.05) is 43.7 Å². The van der Waals surface area contributed by atoms with Crippen molar-refractivity contribution >= 4 is 23.2 Å². The van der Waals surface area contributed by atoms with Crippen molar-refractivity contribution in [2.75, 3.05) is 13.1 Å². The van der Waals surface area contributed by atoms with E-state index in [4.69, 9.17) is 0 Å². The normalized spacial score (nSPS) is 15.2. The van der Waals surface area contributed by atoms with Crippen LogP contribution in [-0.4, -0.2) is 35.8 Å². The molecule has 1 saturated heterocycles. The van der Waals surface area contributed by atoms with Gasteiger partial charge in [0, 0.05) is 31.1 Å². The van der Waals surface area contributed by atoms with Crippen LogP contribution < -0.4 is 5.32 Å². The van der Waals surface area contributed by atoms with Gasteiger partial charge in [0.05, 0.1) is 4.88 Å². The SMILES string of the molecule is Cc1ccc(-c2ccsc2C(=O)NC2CCN(C(=O)CC(C)C)CC2)cc1. The topological polar surface area (TPSA) is 49.4 Å². The third-order valence-corrected chi connectivity index (χ3v) is 5.91. The minimum Gasteiger partial charge on any atom is -0.348 e. The van der Waals surface area contributed by atoms with E-state index in [1.54, 1.807) is 0 Å². The Morgan fingerprint density at radius 2 is 1.81 bits per heavy atom. The van der Waals surface area contributed by atoms with E-state index in [-0.39, 0.29) is 17.9 Å². The number of aryl methyl sites for hydroxylation is 1. The van der Waals surface area contributed by atoms with Crippen LogP contribution in [0.3, 0.4) is 0 Å². The number of nitrogens with zero attached hydrogens (tertiary/aromatic N) is 1. The highest BCUT2D eigenvalue weighted by molar-refractivity contribution is 7.12. The molecule has 1 aromatic heterocycles. The Hall–Kier alpha value is -2.14. The summed E-state index contributed by atoms with van der Waals surface area (Å²) < 4.78 is 0. The molecule has 27 heavy (non-hydrogen) atoms. The zero-order valence-corrected chi connectivity index (χ0v) is 17.1. The number of hydrogen-bond acceptors (Lipinski definition) is 3. The summed E-state index contributed by atoms with van der Waals surface area (Å²) in [6.45, 7) is 7.65. The van der Waals surface area contributed by atoms with Crippen LogP contribution in [0.4, 0.5) is 0 Å². The lowest BCUT2D eigenvalue weighted by atomic mass is 10.0. The van der Waals surface area contributed by atoms with Crippen molar-refractivity contribution in [3.63, 3.8) is 0 Å². The number of thiophene rings is 1. The number of carbonyl (C=O) groups is 2. The Bertz CT molecular complexity index is 787. The van der Waals surface area contributed by atoms with Gasteiger partial charge >= 0.3 is 0 Å². The van der Waals surface area contributed by atoms with Gasteiger partial charge in [-0.05, 0) is 42.7 Å².